The Labute approximate surface area is 122 Å². The Hall–Kier alpha value is -1.84. The maximum atomic E-state index is 10.6. The molecule has 0 aliphatic heterocycles. The van der Waals surface area contributed by atoms with Crippen molar-refractivity contribution >= 4 is 17.6 Å². The van der Waals surface area contributed by atoms with E-state index in [4.69, 9.17) is 21.4 Å². The summed E-state index contributed by atoms with van der Waals surface area (Å²) in [6.45, 7) is 0.926. The Kier molecular flexibility index (Phi) is 5.16. The van der Waals surface area contributed by atoms with Crippen LogP contribution in [0.4, 0.5) is 0 Å². The molecule has 0 saturated carbocycles. The fraction of sp³-hybridized carbons (Fsp3) is 0.188. The van der Waals surface area contributed by atoms with Gasteiger partial charge >= 0.3 is 5.97 Å². The van der Waals surface area contributed by atoms with Gasteiger partial charge in [-0.3, -0.25) is 4.79 Å². The number of carboxylic acids is 1. The zero-order valence-corrected chi connectivity index (χ0v) is 11.6. The van der Waals surface area contributed by atoms with Crippen molar-refractivity contribution in [3.05, 3.63) is 70.2 Å². The Morgan fingerprint density at radius 3 is 2.30 bits per heavy atom. The van der Waals surface area contributed by atoms with Crippen molar-refractivity contribution < 1.29 is 14.6 Å². The molecule has 0 amide bonds. The molecule has 3 nitrogen and oxygen atoms in total. The third-order valence-corrected chi connectivity index (χ3v) is 3.23. The zero-order valence-electron chi connectivity index (χ0n) is 10.9. The minimum Gasteiger partial charge on any atom is -0.481 e. The van der Waals surface area contributed by atoms with E-state index in [2.05, 4.69) is 0 Å². The van der Waals surface area contributed by atoms with Crippen molar-refractivity contribution in [2.45, 2.75) is 19.6 Å². The molecular weight excluding hydrogens is 276 g/mol. The fourth-order valence-electron chi connectivity index (χ4n) is 1.82. The first-order valence-electron chi connectivity index (χ1n) is 6.26. The van der Waals surface area contributed by atoms with Gasteiger partial charge in [0.15, 0.2) is 0 Å². The average Bonchev–Trinajstić information content (AvgIpc) is 2.42. The van der Waals surface area contributed by atoms with Crippen molar-refractivity contribution in [2.24, 2.45) is 0 Å². The number of hydrogen-bond acceptors (Lipinski definition) is 2. The van der Waals surface area contributed by atoms with Gasteiger partial charge in [0, 0.05) is 5.02 Å². The molecule has 0 spiro atoms. The maximum absolute atomic E-state index is 10.6. The van der Waals surface area contributed by atoms with Crippen molar-refractivity contribution in [3.8, 4) is 0 Å². The van der Waals surface area contributed by atoms with Gasteiger partial charge in [0.2, 0.25) is 0 Å². The first kappa shape index (κ1) is 14.6. The molecular formula is C16H15ClO3. The van der Waals surface area contributed by atoms with Gasteiger partial charge in [-0.05, 0) is 22.8 Å². The third-order valence-electron chi connectivity index (χ3n) is 2.86. The highest BCUT2D eigenvalue weighted by molar-refractivity contribution is 6.31. The van der Waals surface area contributed by atoms with Crippen LogP contribution >= 0.6 is 11.6 Å². The minimum absolute atomic E-state index is 0.0424. The summed E-state index contributed by atoms with van der Waals surface area (Å²) >= 11 is 6.04. The van der Waals surface area contributed by atoms with Gasteiger partial charge in [-0.15, -0.1) is 0 Å². The van der Waals surface area contributed by atoms with Crippen LogP contribution in [0.25, 0.3) is 0 Å². The molecule has 104 valence electrons. The molecule has 2 rings (SSSR count). The molecule has 2 aromatic rings. The van der Waals surface area contributed by atoms with Crippen molar-refractivity contribution in [3.63, 3.8) is 0 Å². The number of halogens is 1. The molecule has 20 heavy (non-hydrogen) atoms. The molecule has 4 heteroatoms. The molecule has 0 aromatic heterocycles. The number of rotatable bonds is 6. The third kappa shape index (κ3) is 4.37. The summed E-state index contributed by atoms with van der Waals surface area (Å²) in [6, 6.07) is 14.9. The highest BCUT2D eigenvalue weighted by Gasteiger charge is 2.02. The lowest BCUT2D eigenvalue weighted by atomic mass is 10.1. The van der Waals surface area contributed by atoms with Crippen LogP contribution in [-0.4, -0.2) is 11.1 Å². The van der Waals surface area contributed by atoms with Crippen LogP contribution < -0.4 is 0 Å². The van der Waals surface area contributed by atoms with E-state index in [9.17, 15) is 4.79 Å². The van der Waals surface area contributed by atoms with Crippen LogP contribution in [0.15, 0.2) is 48.5 Å². The van der Waals surface area contributed by atoms with Crippen LogP contribution in [-0.2, 0) is 29.2 Å². The molecule has 0 fully saturated rings. The SMILES string of the molecule is O=C(O)Cc1ccc(COCc2ccccc2Cl)cc1. The second kappa shape index (κ2) is 7.08. The van der Waals surface area contributed by atoms with Crippen LogP contribution in [0.5, 0.6) is 0 Å². The maximum Gasteiger partial charge on any atom is 0.307 e. The number of aliphatic carboxylic acids is 1. The predicted octanol–water partition coefficient (Wildman–Crippen LogP) is 3.68. The van der Waals surface area contributed by atoms with Crippen molar-refractivity contribution in [2.75, 3.05) is 0 Å². The van der Waals surface area contributed by atoms with E-state index in [1.807, 2.05) is 48.5 Å². The van der Waals surface area contributed by atoms with E-state index in [0.717, 1.165) is 16.7 Å². The number of carbonyl (C=O) groups is 1. The molecule has 2 aromatic carbocycles. The molecule has 0 aliphatic rings. The predicted molar refractivity (Wildman–Crippen MR) is 77.7 cm³/mol. The zero-order chi connectivity index (χ0) is 14.4. The fourth-order valence-corrected chi connectivity index (χ4v) is 2.01. The van der Waals surface area contributed by atoms with E-state index < -0.39 is 5.97 Å². The Bertz CT molecular complexity index is 579. The molecule has 0 aliphatic carbocycles. The smallest absolute Gasteiger partial charge is 0.307 e. The molecule has 0 saturated heterocycles. The normalized spacial score (nSPS) is 10.4. The quantitative estimate of drug-likeness (QED) is 0.882. The topological polar surface area (TPSA) is 46.5 Å². The molecule has 1 N–H and O–H groups in total. The molecule has 0 heterocycles. The van der Waals surface area contributed by atoms with Crippen molar-refractivity contribution in [1.29, 1.82) is 0 Å². The van der Waals surface area contributed by atoms with Gasteiger partial charge in [-0.2, -0.15) is 0 Å². The standard InChI is InChI=1S/C16H15ClO3/c17-15-4-2-1-3-14(15)11-20-10-13-7-5-12(6-8-13)9-16(18)19/h1-8H,9-11H2,(H,18,19). The Morgan fingerprint density at radius 2 is 1.65 bits per heavy atom. The summed E-state index contributed by atoms with van der Waals surface area (Å²) < 4.78 is 5.61. The lowest BCUT2D eigenvalue weighted by Gasteiger charge is -2.07. The number of carboxylic acid groups (broad SMARTS) is 1. The second-order valence-electron chi connectivity index (χ2n) is 4.47. The second-order valence-corrected chi connectivity index (χ2v) is 4.88. The first-order chi connectivity index (χ1) is 9.65. The molecule has 0 atom stereocenters. The highest BCUT2D eigenvalue weighted by Crippen LogP contribution is 2.16. The molecule has 0 unspecified atom stereocenters. The van der Waals surface area contributed by atoms with Gasteiger partial charge in [-0.1, -0.05) is 54.1 Å². The monoisotopic (exact) mass is 290 g/mol. The first-order valence-corrected chi connectivity index (χ1v) is 6.63. The van der Waals surface area contributed by atoms with Crippen molar-refractivity contribution in [1.82, 2.24) is 0 Å². The summed E-state index contributed by atoms with van der Waals surface area (Å²) in [5, 5.41) is 9.39. The van der Waals surface area contributed by atoms with Crippen LogP contribution in [0.2, 0.25) is 5.02 Å². The Morgan fingerprint density at radius 1 is 1.00 bits per heavy atom. The van der Waals surface area contributed by atoms with E-state index in [1.54, 1.807) is 0 Å². The van der Waals surface area contributed by atoms with Gasteiger partial charge in [0.25, 0.3) is 0 Å². The van der Waals surface area contributed by atoms with E-state index >= 15 is 0 Å². The highest BCUT2D eigenvalue weighted by atomic mass is 35.5. The molecule has 0 bridgehead atoms. The van der Waals surface area contributed by atoms with Crippen LogP contribution in [0.3, 0.4) is 0 Å². The van der Waals surface area contributed by atoms with E-state index in [0.29, 0.717) is 18.2 Å². The van der Waals surface area contributed by atoms with Gasteiger partial charge in [-0.25, -0.2) is 0 Å². The van der Waals surface area contributed by atoms with Gasteiger partial charge in [0.05, 0.1) is 19.6 Å². The minimum atomic E-state index is -0.826. The van der Waals surface area contributed by atoms with Gasteiger partial charge < -0.3 is 9.84 Å². The summed E-state index contributed by atoms with van der Waals surface area (Å²) in [7, 11) is 0. The number of ether oxygens (including phenoxy) is 1. The summed E-state index contributed by atoms with van der Waals surface area (Å²) in [5.74, 6) is -0.826. The lowest BCUT2D eigenvalue weighted by molar-refractivity contribution is -0.136. The summed E-state index contributed by atoms with van der Waals surface area (Å²) in [6.07, 6.45) is 0.0424. The largest absolute Gasteiger partial charge is 0.481 e. The van der Waals surface area contributed by atoms with E-state index in [1.165, 1.54) is 0 Å². The number of benzene rings is 2. The summed E-state index contributed by atoms with van der Waals surface area (Å²) in [4.78, 5) is 10.6. The number of hydrogen-bond donors (Lipinski definition) is 1. The average molecular weight is 291 g/mol. The van der Waals surface area contributed by atoms with E-state index in [-0.39, 0.29) is 6.42 Å². The Balaban J connectivity index is 1.85. The lowest BCUT2D eigenvalue weighted by Crippen LogP contribution is -2.00. The van der Waals surface area contributed by atoms with Crippen LogP contribution in [0, 0.1) is 0 Å². The van der Waals surface area contributed by atoms with Gasteiger partial charge in [0.1, 0.15) is 0 Å². The molecule has 0 radical (unpaired) electrons. The van der Waals surface area contributed by atoms with Crippen LogP contribution in [0.1, 0.15) is 16.7 Å². The summed E-state index contributed by atoms with van der Waals surface area (Å²) in [5.41, 5.74) is 2.75.